The number of alkyl halides is 7. The molecule has 118 valence electrons. The first-order chi connectivity index (χ1) is 9.35. The fraction of sp³-hybridized carbons (Fsp3) is 0.364. The second-order valence-electron chi connectivity index (χ2n) is 3.96. The highest BCUT2D eigenvalue weighted by molar-refractivity contribution is 5.96. The molecule has 0 aromatic heterocycles. The predicted octanol–water partition coefficient (Wildman–Crippen LogP) is 3.70. The zero-order valence-corrected chi connectivity index (χ0v) is 10.3. The van der Waals surface area contributed by atoms with Gasteiger partial charge in [-0.25, -0.2) is 4.74 Å². The molecule has 0 spiro atoms. The maximum absolute atomic E-state index is 13.1. The summed E-state index contributed by atoms with van der Waals surface area (Å²) in [4.78, 5) is 11.1. The van der Waals surface area contributed by atoms with Gasteiger partial charge in [0, 0.05) is 5.69 Å². The summed E-state index contributed by atoms with van der Waals surface area (Å²) in [5.74, 6) is -8.34. The van der Waals surface area contributed by atoms with E-state index in [0.29, 0.717) is 5.56 Å². The highest BCUT2D eigenvalue weighted by atomic mass is 19.4. The first-order valence-electron chi connectivity index (χ1n) is 5.26. The van der Waals surface area contributed by atoms with Crippen LogP contribution in [0, 0.1) is 6.92 Å². The fourth-order valence-corrected chi connectivity index (χ4v) is 1.19. The first-order valence-corrected chi connectivity index (χ1v) is 5.26. The highest BCUT2D eigenvalue weighted by Crippen LogP contribution is 2.40. The third kappa shape index (κ3) is 4.31. The Bertz CT molecular complexity index is 510. The zero-order valence-electron chi connectivity index (χ0n) is 10.3. The third-order valence-corrected chi connectivity index (χ3v) is 2.20. The van der Waals surface area contributed by atoms with Crippen LogP contribution >= 0.6 is 0 Å². The number of carbonyl (C=O) groups excluding carboxylic acids is 1. The Kier molecular flexibility index (Phi) is 4.51. The molecule has 1 rings (SSSR count). The Hall–Kier alpha value is -1.84. The maximum Gasteiger partial charge on any atom is 0.527 e. The summed E-state index contributed by atoms with van der Waals surface area (Å²) >= 11 is 0. The third-order valence-electron chi connectivity index (χ3n) is 2.20. The minimum absolute atomic E-state index is 0.284. The van der Waals surface area contributed by atoms with Gasteiger partial charge in [-0.2, -0.15) is 17.6 Å². The summed E-state index contributed by atoms with van der Waals surface area (Å²) in [7, 11) is 0. The summed E-state index contributed by atoms with van der Waals surface area (Å²) < 4.78 is 88.7. The average Bonchev–Trinajstić information content (AvgIpc) is 2.28. The highest BCUT2D eigenvalue weighted by Gasteiger charge is 2.67. The van der Waals surface area contributed by atoms with Crippen LogP contribution in [-0.4, -0.2) is 24.3 Å². The molecule has 0 saturated heterocycles. The largest absolute Gasteiger partial charge is 0.527 e. The number of halogens is 7. The van der Waals surface area contributed by atoms with E-state index in [1.54, 1.807) is 6.92 Å². The van der Waals surface area contributed by atoms with Crippen LogP contribution in [0.15, 0.2) is 24.3 Å². The van der Waals surface area contributed by atoms with Gasteiger partial charge in [0.15, 0.2) is 0 Å². The molecule has 1 N–H and O–H groups in total. The Labute approximate surface area is 113 Å². The molecule has 0 fully saturated rings. The predicted molar refractivity (Wildman–Crippen MR) is 56.8 cm³/mol. The minimum Gasteiger partial charge on any atom is -0.321 e. The second-order valence-corrected chi connectivity index (χ2v) is 3.96. The van der Waals surface area contributed by atoms with Gasteiger partial charge in [0.1, 0.15) is 0 Å². The molecule has 0 unspecified atom stereocenters. The topological polar surface area (TPSA) is 38.3 Å². The number of amides is 1. The van der Waals surface area contributed by atoms with Gasteiger partial charge >= 0.3 is 24.3 Å². The average molecular weight is 319 g/mol. The van der Waals surface area contributed by atoms with Gasteiger partial charge in [-0.15, -0.1) is 13.2 Å². The van der Waals surface area contributed by atoms with Crippen molar-refractivity contribution in [3.05, 3.63) is 29.8 Å². The van der Waals surface area contributed by atoms with Gasteiger partial charge in [0.05, 0.1) is 0 Å². The molecule has 0 aliphatic carbocycles. The summed E-state index contributed by atoms with van der Waals surface area (Å²) in [5, 5.41) is 1.39. The molecule has 0 bridgehead atoms. The van der Waals surface area contributed by atoms with E-state index < -0.39 is 24.3 Å². The van der Waals surface area contributed by atoms with Crippen molar-refractivity contribution in [2.75, 3.05) is 5.32 Å². The molecule has 0 aliphatic rings. The molecule has 1 aromatic carbocycles. The van der Waals surface area contributed by atoms with Gasteiger partial charge in [-0.1, -0.05) is 17.7 Å². The fourth-order valence-electron chi connectivity index (χ4n) is 1.19. The quantitative estimate of drug-likeness (QED) is 0.860. The van der Waals surface area contributed by atoms with Crippen LogP contribution < -0.4 is 5.32 Å². The molecule has 10 heteroatoms. The van der Waals surface area contributed by atoms with Crippen molar-refractivity contribution in [1.82, 2.24) is 0 Å². The Morgan fingerprint density at radius 3 is 1.90 bits per heavy atom. The van der Waals surface area contributed by atoms with Crippen LogP contribution in [0.5, 0.6) is 0 Å². The van der Waals surface area contributed by atoms with Crippen LogP contribution in [0.2, 0.25) is 0 Å². The van der Waals surface area contributed by atoms with Gasteiger partial charge in [-0.3, -0.25) is 4.79 Å². The molecular formula is C11H8F7NO2. The van der Waals surface area contributed by atoms with Crippen molar-refractivity contribution in [3.63, 3.8) is 0 Å². The lowest BCUT2D eigenvalue weighted by Crippen LogP contribution is -2.53. The summed E-state index contributed by atoms with van der Waals surface area (Å²) in [6.45, 7) is 1.63. The molecule has 1 aromatic rings. The number of rotatable bonds is 4. The van der Waals surface area contributed by atoms with Crippen molar-refractivity contribution < 1.29 is 40.3 Å². The van der Waals surface area contributed by atoms with Crippen LogP contribution in [0.25, 0.3) is 0 Å². The van der Waals surface area contributed by atoms with E-state index >= 15 is 0 Å². The number of hydrogen-bond donors (Lipinski definition) is 1. The van der Waals surface area contributed by atoms with E-state index in [9.17, 15) is 35.5 Å². The summed E-state index contributed by atoms with van der Waals surface area (Å²) in [6, 6.07) is 4.98. The maximum atomic E-state index is 13.1. The number of hydrogen-bond acceptors (Lipinski definition) is 2. The number of anilines is 1. The van der Waals surface area contributed by atoms with E-state index in [0.717, 1.165) is 12.1 Å². The van der Waals surface area contributed by atoms with Gasteiger partial charge < -0.3 is 5.32 Å². The number of carbonyl (C=O) groups is 1. The van der Waals surface area contributed by atoms with Crippen LogP contribution in [-0.2, 0) is 9.53 Å². The van der Waals surface area contributed by atoms with Crippen LogP contribution in [0.4, 0.5) is 36.4 Å². The van der Waals surface area contributed by atoms with Crippen LogP contribution in [0.3, 0.4) is 0 Å². The number of ether oxygens (including phenoxy) is 1. The van der Waals surface area contributed by atoms with Crippen molar-refractivity contribution >= 4 is 11.6 Å². The van der Waals surface area contributed by atoms with E-state index in [2.05, 4.69) is 0 Å². The van der Waals surface area contributed by atoms with Crippen molar-refractivity contribution in [3.8, 4) is 0 Å². The molecule has 21 heavy (non-hydrogen) atoms. The van der Waals surface area contributed by atoms with Gasteiger partial charge in [0.25, 0.3) is 0 Å². The molecule has 0 atom stereocenters. The van der Waals surface area contributed by atoms with E-state index in [1.807, 2.05) is 4.74 Å². The van der Waals surface area contributed by atoms with E-state index in [4.69, 9.17) is 0 Å². The van der Waals surface area contributed by atoms with Crippen LogP contribution in [0.1, 0.15) is 5.56 Å². The lowest BCUT2D eigenvalue weighted by molar-refractivity contribution is -0.457. The molecule has 3 nitrogen and oxygen atoms in total. The van der Waals surface area contributed by atoms with E-state index in [1.165, 1.54) is 17.4 Å². The Morgan fingerprint density at radius 1 is 1.00 bits per heavy atom. The summed E-state index contributed by atoms with van der Waals surface area (Å²) in [6.07, 6.45) is -12.1. The molecule has 0 aliphatic heterocycles. The van der Waals surface area contributed by atoms with Crippen molar-refractivity contribution in [1.29, 1.82) is 0 Å². The van der Waals surface area contributed by atoms with Crippen molar-refractivity contribution in [2.45, 2.75) is 25.3 Å². The second kappa shape index (κ2) is 5.51. The Balaban J connectivity index is 2.90. The number of aryl methyl sites for hydroxylation is 1. The first kappa shape index (κ1) is 17.2. The lowest BCUT2D eigenvalue weighted by Gasteiger charge is -2.25. The minimum atomic E-state index is -6.04. The molecule has 0 saturated carbocycles. The molecule has 0 heterocycles. The Morgan fingerprint density at radius 2 is 1.48 bits per heavy atom. The molecule has 1 amide bonds. The normalized spacial score (nSPS) is 13.1. The van der Waals surface area contributed by atoms with Crippen molar-refractivity contribution in [2.24, 2.45) is 0 Å². The molecule has 0 radical (unpaired) electrons. The monoisotopic (exact) mass is 319 g/mol. The number of benzene rings is 1. The van der Waals surface area contributed by atoms with Gasteiger partial charge in [-0.05, 0) is 19.1 Å². The van der Waals surface area contributed by atoms with Gasteiger partial charge in [0.2, 0.25) is 0 Å². The zero-order chi connectivity index (χ0) is 16.5. The summed E-state index contributed by atoms with van der Waals surface area (Å²) in [5.41, 5.74) is 0.401. The standard InChI is InChI=1S/C11H8F7NO2/c1-6-2-4-7(5-3-6)19-8(20)9(12,13)10(14,15)21-11(16,17)18/h2-5H,1H3,(H,19,20). The SMILES string of the molecule is Cc1ccc(NC(=O)C(F)(F)C(F)(F)OC(F)(F)F)cc1. The van der Waals surface area contributed by atoms with E-state index in [-0.39, 0.29) is 5.69 Å². The smallest absolute Gasteiger partial charge is 0.321 e. The number of nitrogens with one attached hydrogen (secondary N) is 1. The molecular weight excluding hydrogens is 311 g/mol. The lowest BCUT2D eigenvalue weighted by atomic mass is 10.2.